The van der Waals surface area contributed by atoms with Crippen LogP contribution in [0.5, 0.6) is 17.2 Å². The quantitative estimate of drug-likeness (QED) is 0.182. The molecule has 0 saturated carbocycles. The Kier molecular flexibility index (Phi) is 10.0. The third-order valence-corrected chi connectivity index (χ3v) is 6.90. The van der Waals surface area contributed by atoms with Crippen LogP contribution in [0.1, 0.15) is 37.0 Å². The van der Waals surface area contributed by atoms with Crippen molar-refractivity contribution >= 4 is 55.8 Å². The minimum absolute atomic E-state index is 0.0607. The maximum Gasteiger partial charge on any atom is 0.331 e. The lowest BCUT2D eigenvalue weighted by Gasteiger charge is -2.27. The number of benzene rings is 3. The second-order valence-corrected chi connectivity index (χ2v) is 10.7. The van der Waals surface area contributed by atoms with Crippen LogP contribution in [0.25, 0.3) is 6.08 Å². The van der Waals surface area contributed by atoms with Gasteiger partial charge in [0.25, 0.3) is 11.8 Å². The summed E-state index contributed by atoms with van der Waals surface area (Å²) >= 11 is 6.86. The zero-order valence-electron chi connectivity index (χ0n) is 22.0. The average molecular weight is 672 g/mol. The Morgan fingerprint density at radius 3 is 2.23 bits per heavy atom. The predicted molar refractivity (Wildman–Crippen MR) is 158 cm³/mol. The lowest BCUT2D eigenvalue weighted by atomic mass is 10.1. The molecule has 1 N–H and O–H groups in total. The van der Waals surface area contributed by atoms with Gasteiger partial charge in [-0.3, -0.25) is 19.8 Å². The summed E-state index contributed by atoms with van der Waals surface area (Å²) in [5.41, 5.74) is 1.92. The van der Waals surface area contributed by atoms with Crippen molar-refractivity contribution in [2.45, 2.75) is 33.4 Å². The van der Waals surface area contributed by atoms with Crippen molar-refractivity contribution in [1.82, 2.24) is 10.2 Å². The van der Waals surface area contributed by atoms with E-state index in [2.05, 4.69) is 37.2 Å². The number of rotatable bonds is 11. The number of carbonyl (C=O) groups excluding carboxylic acids is 3. The second-order valence-electron chi connectivity index (χ2n) is 8.87. The molecule has 4 amide bonds. The second kappa shape index (κ2) is 13.6. The Labute approximate surface area is 249 Å². The third kappa shape index (κ3) is 7.31. The van der Waals surface area contributed by atoms with Gasteiger partial charge in [-0.05, 0) is 73.0 Å². The first-order chi connectivity index (χ1) is 19.3. The lowest BCUT2D eigenvalue weighted by Crippen LogP contribution is -2.53. The first-order valence-electron chi connectivity index (χ1n) is 12.7. The molecule has 8 nitrogen and oxygen atoms in total. The molecule has 10 heteroatoms. The molecule has 0 radical (unpaired) electrons. The fourth-order valence-corrected chi connectivity index (χ4v) is 4.57. The summed E-state index contributed by atoms with van der Waals surface area (Å²) in [5.74, 6) is 0.0989. The van der Waals surface area contributed by atoms with Crippen LogP contribution < -0.4 is 19.5 Å². The van der Waals surface area contributed by atoms with Crippen molar-refractivity contribution in [3.63, 3.8) is 0 Å². The fraction of sp³-hybridized carbons (Fsp3) is 0.233. The fourth-order valence-electron chi connectivity index (χ4n) is 3.93. The van der Waals surface area contributed by atoms with Gasteiger partial charge in [0.2, 0.25) is 0 Å². The highest BCUT2D eigenvalue weighted by Crippen LogP contribution is 2.31. The zero-order valence-corrected chi connectivity index (χ0v) is 25.2. The molecule has 1 heterocycles. The van der Waals surface area contributed by atoms with Gasteiger partial charge in [0.1, 0.15) is 17.9 Å². The van der Waals surface area contributed by atoms with E-state index in [1.165, 1.54) is 6.08 Å². The number of hydrogen-bond donors (Lipinski definition) is 1. The molecule has 0 aromatic heterocycles. The predicted octanol–water partition coefficient (Wildman–Crippen LogP) is 6.64. The number of halogens is 2. The number of barbiturate groups is 1. The highest BCUT2D eigenvalue weighted by Gasteiger charge is 2.36. The summed E-state index contributed by atoms with van der Waals surface area (Å²) in [6.45, 7) is 5.06. The molecule has 0 spiro atoms. The topological polar surface area (TPSA) is 94.2 Å². The number of nitrogens with zero attached hydrogens (tertiary/aromatic N) is 1. The molecule has 0 atom stereocenters. The summed E-state index contributed by atoms with van der Waals surface area (Å²) in [5, 5.41) is 2.27. The Balaban J connectivity index is 1.59. The Bertz CT molecular complexity index is 1440. The van der Waals surface area contributed by atoms with E-state index in [0.717, 1.165) is 25.8 Å². The maximum absolute atomic E-state index is 13.4. The van der Waals surface area contributed by atoms with Crippen LogP contribution in [0.2, 0.25) is 0 Å². The SMILES string of the molecule is CCCOc1ccc(CN2C(=O)NC(=O)/C(=C\c3cc(Br)ccc3OCc3ccc(Br)cc3)C2=O)cc1OCC. The van der Waals surface area contributed by atoms with Gasteiger partial charge in [-0.15, -0.1) is 0 Å². The van der Waals surface area contributed by atoms with Crippen LogP contribution in [0.15, 0.2) is 75.2 Å². The van der Waals surface area contributed by atoms with Gasteiger partial charge >= 0.3 is 6.03 Å². The molecule has 3 aromatic carbocycles. The molecule has 0 aliphatic carbocycles. The van der Waals surface area contributed by atoms with E-state index >= 15 is 0 Å². The molecular formula is C30H28Br2N2O6. The van der Waals surface area contributed by atoms with Crippen LogP contribution in [0.4, 0.5) is 4.79 Å². The third-order valence-electron chi connectivity index (χ3n) is 5.88. The van der Waals surface area contributed by atoms with Gasteiger partial charge in [-0.1, -0.05) is 57.0 Å². The van der Waals surface area contributed by atoms with Gasteiger partial charge < -0.3 is 14.2 Å². The molecule has 40 heavy (non-hydrogen) atoms. The van der Waals surface area contributed by atoms with E-state index in [-0.39, 0.29) is 18.7 Å². The molecule has 1 aliphatic rings. The summed E-state index contributed by atoms with van der Waals surface area (Å²) in [7, 11) is 0. The molecule has 4 rings (SSSR count). The first kappa shape index (κ1) is 29.4. The summed E-state index contributed by atoms with van der Waals surface area (Å²) in [6.07, 6.45) is 2.28. The van der Waals surface area contributed by atoms with E-state index in [1.54, 1.807) is 36.4 Å². The summed E-state index contributed by atoms with van der Waals surface area (Å²) in [4.78, 5) is 39.9. The van der Waals surface area contributed by atoms with E-state index in [0.29, 0.717) is 41.6 Å². The van der Waals surface area contributed by atoms with Crippen molar-refractivity contribution in [3.8, 4) is 17.2 Å². The molecule has 3 aromatic rings. The van der Waals surface area contributed by atoms with Crippen LogP contribution in [0, 0.1) is 0 Å². The lowest BCUT2D eigenvalue weighted by molar-refractivity contribution is -0.130. The van der Waals surface area contributed by atoms with Crippen LogP contribution in [0.3, 0.4) is 0 Å². The number of nitrogens with one attached hydrogen (secondary N) is 1. The Morgan fingerprint density at radius 1 is 0.800 bits per heavy atom. The molecular weight excluding hydrogens is 644 g/mol. The minimum atomic E-state index is -0.794. The largest absolute Gasteiger partial charge is 0.490 e. The number of imide groups is 2. The average Bonchev–Trinajstić information content (AvgIpc) is 2.93. The van der Waals surface area contributed by atoms with Crippen LogP contribution >= 0.6 is 31.9 Å². The minimum Gasteiger partial charge on any atom is -0.490 e. The van der Waals surface area contributed by atoms with Crippen LogP contribution in [-0.2, 0) is 22.7 Å². The summed E-state index contributed by atoms with van der Waals surface area (Å²) < 4.78 is 19.2. The van der Waals surface area contributed by atoms with Gasteiger partial charge in [0, 0.05) is 14.5 Å². The highest BCUT2D eigenvalue weighted by atomic mass is 79.9. The highest BCUT2D eigenvalue weighted by molar-refractivity contribution is 9.10. The van der Waals surface area contributed by atoms with E-state index < -0.39 is 17.8 Å². The Hall–Kier alpha value is -3.63. The van der Waals surface area contributed by atoms with Crippen LogP contribution in [-0.4, -0.2) is 36.0 Å². The molecule has 0 bridgehead atoms. The van der Waals surface area contributed by atoms with Crippen molar-refractivity contribution in [1.29, 1.82) is 0 Å². The van der Waals surface area contributed by atoms with Gasteiger partial charge in [-0.2, -0.15) is 0 Å². The number of carbonyl (C=O) groups is 3. The van der Waals surface area contributed by atoms with Crippen molar-refractivity contribution < 1.29 is 28.6 Å². The molecule has 1 saturated heterocycles. The number of ether oxygens (including phenoxy) is 3. The van der Waals surface area contributed by atoms with Crippen molar-refractivity contribution in [3.05, 3.63) is 91.9 Å². The first-order valence-corrected chi connectivity index (χ1v) is 14.3. The number of amides is 4. The van der Waals surface area contributed by atoms with E-state index in [9.17, 15) is 14.4 Å². The number of urea groups is 1. The molecule has 208 valence electrons. The van der Waals surface area contributed by atoms with Crippen molar-refractivity contribution in [2.75, 3.05) is 13.2 Å². The number of hydrogen-bond acceptors (Lipinski definition) is 6. The standard InChI is InChI=1S/C30H28Br2N2O6/c1-3-13-39-26-11-7-20(14-27(26)38-4-2)17-34-29(36)24(28(35)33-30(34)37)16-21-15-23(32)10-12-25(21)40-18-19-5-8-22(31)9-6-19/h5-12,14-16H,3-4,13,17-18H2,1-2H3,(H,33,35,37)/b24-16+. The normalized spacial score (nSPS) is 14.3. The molecule has 0 unspecified atom stereocenters. The van der Waals surface area contributed by atoms with Gasteiger partial charge in [0.05, 0.1) is 19.8 Å². The Morgan fingerprint density at radius 2 is 1.50 bits per heavy atom. The molecule has 1 fully saturated rings. The van der Waals surface area contributed by atoms with Crippen molar-refractivity contribution in [2.24, 2.45) is 0 Å². The van der Waals surface area contributed by atoms with E-state index in [4.69, 9.17) is 14.2 Å². The monoisotopic (exact) mass is 670 g/mol. The summed E-state index contributed by atoms with van der Waals surface area (Å²) in [6, 6.07) is 17.5. The van der Waals surface area contributed by atoms with E-state index in [1.807, 2.05) is 38.1 Å². The molecule has 1 aliphatic heterocycles. The smallest absolute Gasteiger partial charge is 0.331 e. The zero-order chi connectivity index (χ0) is 28.6. The van der Waals surface area contributed by atoms with Gasteiger partial charge in [-0.25, -0.2) is 4.79 Å². The van der Waals surface area contributed by atoms with Gasteiger partial charge in [0.15, 0.2) is 11.5 Å². The maximum atomic E-state index is 13.4.